The Bertz CT molecular complexity index is 1490. The van der Waals surface area contributed by atoms with Gasteiger partial charge in [0.25, 0.3) is 5.91 Å². The van der Waals surface area contributed by atoms with Crippen molar-refractivity contribution in [2.45, 2.75) is 39.3 Å². The Balaban J connectivity index is 0.00000506. The number of ether oxygens (including phenoxy) is 2. The van der Waals surface area contributed by atoms with Crippen molar-refractivity contribution in [1.82, 2.24) is 19.8 Å². The number of hydrogen-bond donors (Lipinski definition) is 4. The molecule has 1 fully saturated rings. The van der Waals surface area contributed by atoms with Crippen molar-refractivity contribution in [3.63, 3.8) is 0 Å². The standard InChI is InChI=1S/C30H36N8O4.H2/c1-30(2,3)42-29(40)38-13-7-12-37(14-15-38)28(39)20-10-11-22(21(16-20)17-31)23-18-35-25(32)24(36-23)27(34)41-26(33)19-8-5-4-6-9-19;/h4-6,8-11,16,18,33-34H,7,12-15,17,31H2,1-3H3,(H2,32,35);1H. The minimum absolute atomic E-state index is 0. The van der Waals surface area contributed by atoms with Crippen LogP contribution in [0.3, 0.4) is 0 Å². The molecule has 2 aromatic carbocycles. The van der Waals surface area contributed by atoms with E-state index in [1.807, 2.05) is 26.8 Å². The maximum atomic E-state index is 13.4. The van der Waals surface area contributed by atoms with Gasteiger partial charge < -0.3 is 30.7 Å². The van der Waals surface area contributed by atoms with E-state index < -0.39 is 11.5 Å². The summed E-state index contributed by atoms with van der Waals surface area (Å²) in [6, 6.07) is 13.9. The fourth-order valence-corrected chi connectivity index (χ4v) is 4.45. The fourth-order valence-electron chi connectivity index (χ4n) is 4.45. The number of hydrogen-bond acceptors (Lipinski definition) is 10. The van der Waals surface area contributed by atoms with Gasteiger partial charge in [-0.1, -0.05) is 24.3 Å². The Morgan fingerprint density at radius 3 is 2.36 bits per heavy atom. The molecule has 0 atom stereocenters. The molecule has 2 amide bonds. The maximum absolute atomic E-state index is 13.4. The summed E-state index contributed by atoms with van der Waals surface area (Å²) in [4.78, 5) is 38.0. The number of nitrogens with one attached hydrogen (secondary N) is 2. The molecule has 0 radical (unpaired) electrons. The van der Waals surface area contributed by atoms with Crippen molar-refractivity contribution in [2.24, 2.45) is 5.73 Å². The SMILES string of the molecule is CC(C)(C)OC(=O)N1CCCN(C(=O)c2ccc(-c3cnc(N)c(C(=N)OC(=N)c4ccccc4)n3)c(CN)c2)CC1.[HH]. The summed E-state index contributed by atoms with van der Waals surface area (Å²) in [5.41, 5.74) is 14.1. The van der Waals surface area contributed by atoms with Crippen molar-refractivity contribution < 1.29 is 20.5 Å². The van der Waals surface area contributed by atoms with Gasteiger partial charge in [-0.15, -0.1) is 0 Å². The second-order valence-corrected chi connectivity index (χ2v) is 10.8. The Labute approximate surface area is 246 Å². The highest BCUT2D eigenvalue weighted by Crippen LogP contribution is 2.25. The zero-order chi connectivity index (χ0) is 30.4. The Kier molecular flexibility index (Phi) is 9.16. The number of rotatable bonds is 5. The number of carbonyl (C=O) groups excluding carboxylic acids is 2. The largest absolute Gasteiger partial charge is 0.444 e. The van der Waals surface area contributed by atoms with Gasteiger partial charge in [0, 0.05) is 50.8 Å². The fraction of sp³-hybridized carbons (Fsp3) is 0.333. The number of nitrogens with zero attached hydrogens (tertiary/aromatic N) is 4. The molecule has 3 aromatic rings. The van der Waals surface area contributed by atoms with Gasteiger partial charge in [0.2, 0.25) is 11.8 Å². The molecule has 0 unspecified atom stereocenters. The minimum Gasteiger partial charge on any atom is -0.444 e. The van der Waals surface area contributed by atoms with Crippen LogP contribution in [0.15, 0.2) is 54.7 Å². The molecule has 1 aliphatic rings. The quantitative estimate of drug-likeness (QED) is 0.261. The maximum Gasteiger partial charge on any atom is 0.410 e. The van der Waals surface area contributed by atoms with Crippen LogP contribution in [0.5, 0.6) is 0 Å². The highest BCUT2D eigenvalue weighted by Gasteiger charge is 2.27. The van der Waals surface area contributed by atoms with Crippen LogP contribution in [-0.2, 0) is 16.0 Å². The van der Waals surface area contributed by atoms with E-state index in [4.69, 9.17) is 31.8 Å². The lowest BCUT2D eigenvalue weighted by atomic mass is 10.0. The van der Waals surface area contributed by atoms with Gasteiger partial charge in [-0.25, -0.2) is 14.8 Å². The number of nitrogens with two attached hydrogens (primary N) is 2. The van der Waals surface area contributed by atoms with E-state index in [1.165, 1.54) is 6.20 Å². The molecule has 1 saturated heterocycles. The second kappa shape index (κ2) is 12.8. The second-order valence-electron chi connectivity index (χ2n) is 10.8. The predicted octanol–water partition coefficient (Wildman–Crippen LogP) is 3.88. The summed E-state index contributed by atoms with van der Waals surface area (Å²) in [5.74, 6) is -0.827. The van der Waals surface area contributed by atoms with E-state index >= 15 is 0 Å². The number of amides is 2. The molecule has 0 aliphatic carbocycles. The van der Waals surface area contributed by atoms with Crippen molar-refractivity contribution in [2.75, 3.05) is 31.9 Å². The average molecular weight is 575 g/mol. The Morgan fingerprint density at radius 1 is 0.976 bits per heavy atom. The van der Waals surface area contributed by atoms with E-state index in [2.05, 4.69) is 9.97 Å². The number of anilines is 1. The number of aromatic nitrogens is 2. The third-order valence-electron chi connectivity index (χ3n) is 6.54. The Hall–Kier alpha value is -4.84. The average Bonchev–Trinajstić information content (AvgIpc) is 3.23. The first kappa shape index (κ1) is 30.1. The van der Waals surface area contributed by atoms with E-state index in [0.29, 0.717) is 60.5 Å². The van der Waals surface area contributed by atoms with Gasteiger partial charge in [-0.05, 0) is 57.0 Å². The molecule has 12 nitrogen and oxygen atoms in total. The van der Waals surface area contributed by atoms with Crippen LogP contribution in [0.2, 0.25) is 0 Å². The highest BCUT2D eigenvalue weighted by atomic mass is 16.6. The third-order valence-corrected chi connectivity index (χ3v) is 6.54. The van der Waals surface area contributed by atoms with Crippen LogP contribution < -0.4 is 11.5 Å². The van der Waals surface area contributed by atoms with Crippen molar-refractivity contribution >= 4 is 29.6 Å². The van der Waals surface area contributed by atoms with Crippen LogP contribution in [-0.4, -0.2) is 75.3 Å². The molecule has 4 rings (SSSR count). The lowest BCUT2D eigenvalue weighted by molar-refractivity contribution is 0.0255. The summed E-state index contributed by atoms with van der Waals surface area (Å²) in [5, 5.41) is 16.5. The summed E-state index contributed by atoms with van der Waals surface area (Å²) in [7, 11) is 0. The lowest BCUT2D eigenvalue weighted by Crippen LogP contribution is -2.40. The van der Waals surface area contributed by atoms with E-state index in [-0.39, 0.29) is 37.4 Å². The van der Waals surface area contributed by atoms with Crippen molar-refractivity contribution in [3.8, 4) is 11.3 Å². The summed E-state index contributed by atoms with van der Waals surface area (Å²) < 4.78 is 10.9. The van der Waals surface area contributed by atoms with Gasteiger partial charge in [0.15, 0.2) is 11.5 Å². The van der Waals surface area contributed by atoms with Gasteiger partial charge in [-0.2, -0.15) is 0 Å². The number of nitrogen functional groups attached to an aromatic ring is 1. The summed E-state index contributed by atoms with van der Waals surface area (Å²) >= 11 is 0. The van der Waals surface area contributed by atoms with Crippen molar-refractivity contribution in [3.05, 3.63) is 77.1 Å². The molecule has 6 N–H and O–H groups in total. The molecule has 1 aromatic heterocycles. The predicted molar refractivity (Wildman–Crippen MR) is 161 cm³/mol. The molecule has 222 valence electrons. The first-order chi connectivity index (χ1) is 20.0. The molecule has 42 heavy (non-hydrogen) atoms. The summed E-state index contributed by atoms with van der Waals surface area (Å²) in [6.07, 6.45) is 1.71. The molecule has 1 aliphatic heterocycles. The third kappa shape index (κ3) is 7.26. The normalized spacial score (nSPS) is 13.7. The van der Waals surface area contributed by atoms with Gasteiger partial charge in [0.1, 0.15) is 5.60 Å². The summed E-state index contributed by atoms with van der Waals surface area (Å²) in [6.45, 7) is 7.36. The topological polar surface area (TPSA) is 185 Å². The molecule has 0 spiro atoms. The molecule has 0 saturated carbocycles. The zero-order valence-corrected chi connectivity index (χ0v) is 24.0. The van der Waals surface area contributed by atoms with Gasteiger partial charge >= 0.3 is 6.09 Å². The Morgan fingerprint density at radius 2 is 1.67 bits per heavy atom. The van der Waals surface area contributed by atoms with Crippen LogP contribution in [0.4, 0.5) is 10.6 Å². The molecular formula is C30H38N8O4. The van der Waals surface area contributed by atoms with Crippen LogP contribution in [0.1, 0.15) is 55.8 Å². The van der Waals surface area contributed by atoms with E-state index in [1.54, 1.807) is 52.3 Å². The molecular weight excluding hydrogens is 536 g/mol. The van der Waals surface area contributed by atoms with E-state index in [9.17, 15) is 9.59 Å². The van der Waals surface area contributed by atoms with Crippen LogP contribution in [0, 0.1) is 10.8 Å². The van der Waals surface area contributed by atoms with Crippen molar-refractivity contribution in [1.29, 1.82) is 10.8 Å². The lowest BCUT2D eigenvalue weighted by Gasteiger charge is -2.26. The smallest absolute Gasteiger partial charge is 0.410 e. The monoisotopic (exact) mass is 574 g/mol. The first-order valence-corrected chi connectivity index (χ1v) is 13.6. The highest BCUT2D eigenvalue weighted by molar-refractivity contribution is 6.05. The van der Waals surface area contributed by atoms with Crippen LogP contribution >= 0.6 is 0 Å². The van der Waals surface area contributed by atoms with E-state index in [0.717, 1.165) is 0 Å². The molecule has 0 bridgehead atoms. The van der Waals surface area contributed by atoms with Crippen LogP contribution in [0.25, 0.3) is 11.3 Å². The van der Waals surface area contributed by atoms with Gasteiger partial charge in [0.05, 0.1) is 11.9 Å². The molecule has 2 heterocycles. The first-order valence-electron chi connectivity index (χ1n) is 13.6. The molecule has 12 heteroatoms. The van der Waals surface area contributed by atoms with Gasteiger partial charge in [-0.3, -0.25) is 15.6 Å². The minimum atomic E-state index is -0.590. The zero-order valence-electron chi connectivity index (χ0n) is 24.0. The number of benzene rings is 2. The number of carbonyl (C=O) groups is 2.